The van der Waals surface area contributed by atoms with Gasteiger partial charge in [0.1, 0.15) is 11.4 Å². The highest BCUT2D eigenvalue weighted by Gasteiger charge is 2.32. The van der Waals surface area contributed by atoms with E-state index in [4.69, 9.17) is 0 Å². The van der Waals surface area contributed by atoms with Crippen LogP contribution in [0.4, 0.5) is 0 Å². The Bertz CT molecular complexity index is 1080. The minimum Gasteiger partial charge on any atom is -1.00 e. The van der Waals surface area contributed by atoms with Gasteiger partial charge in [-0.25, -0.2) is 0 Å². The monoisotopic (exact) mass is 426 g/mol. The van der Waals surface area contributed by atoms with E-state index in [1.54, 1.807) is 11.3 Å². The standard InChI is InChI=1S/C21H19N2OS.BrH/c1-14-9-11-17(12-10-14)20(24)19-16(3)23(18-7-5-4-6-8-18)21-22(19)15(2)13-25-21;/h4-13H,1-3H3;1H/q+1;/p-1. The third-order valence-corrected chi connectivity index (χ3v) is 5.55. The van der Waals surface area contributed by atoms with Crippen molar-refractivity contribution in [2.24, 2.45) is 0 Å². The van der Waals surface area contributed by atoms with Crippen molar-refractivity contribution in [2.45, 2.75) is 20.8 Å². The second kappa shape index (κ2) is 7.17. The van der Waals surface area contributed by atoms with Gasteiger partial charge in [-0.1, -0.05) is 59.4 Å². The van der Waals surface area contributed by atoms with Gasteiger partial charge in [-0.05, 0) is 26.0 Å². The molecular weight excluding hydrogens is 408 g/mol. The molecule has 0 radical (unpaired) electrons. The normalized spacial score (nSPS) is 10.7. The summed E-state index contributed by atoms with van der Waals surface area (Å²) in [7, 11) is 0. The van der Waals surface area contributed by atoms with Crippen LogP contribution >= 0.6 is 11.3 Å². The molecular formula is C21H19BrN2OS. The molecule has 0 spiro atoms. The molecule has 26 heavy (non-hydrogen) atoms. The number of benzene rings is 2. The summed E-state index contributed by atoms with van der Waals surface area (Å²) in [4.78, 5) is 14.3. The number of nitrogens with zero attached hydrogens (tertiary/aromatic N) is 2. The molecule has 4 rings (SSSR count). The summed E-state index contributed by atoms with van der Waals surface area (Å²) >= 11 is 1.66. The Labute approximate surface area is 167 Å². The van der Waals surface area contributed by atoms with Gasteiger partial charge in [0.25, 0.3) is 0 Å². The van der Waals surface area contributed by atoms with Gasteiger partial charge in [0.2, 0.25) is 11.5 Å². The molecule has 0 unspecified atom stereocenters. The van der Waals surface area contributed by atoms with E-state index in [0.29, 0.717) is 0 Å². The first-order valence-corrected chi connectivity index (χ1v) is 9.14. The van der Waals surface area contributed by atoms with Gasteiger partial charge in [0.05, 0.1) is 0 Å². The van der Waals surface area contributed by atoms with Crippen LogP contribution in [0.5, 0.6) is 0 Å². The molecule has 2 heterocycles. The van der Waals surface area contributed by atoms with E-state index in [2.05, 4.69) is 26.5 Å². The van der Waals surface area contributed by atoms with Crippen LogP contribution in [0.2, 0.25) is 0 Å². The first kappa shape index (κ1) is 18.5. The van der Waals surface area contributed by atoms with Crippen molar-refractivity contribution in [3.63, 3.8) is 0 Å². The lowest BCUT2D eigenvalue weighted by Gasteiger charge is -2.01. The third-order valence-electron chi connectivity index (χ3n) is 4.52. The highest BCUT2D eigenvalue weighted by atomic mass is 79.9. The number of ketones is 1. The lowest BCUT2D eigenvalue weighted by atomic mass is 10.1. The number of thiazole rings is 1. The number of halogens is 1. The molecule has 2 aromatic carbocycles. The molecule has 0 bridgehead atoms. The molecule has 0 N–H and O–H groups in total. The first-order chi connectivity index (χ1) is 12.1. The molecule has 0 saturated heterocycles. The number of para-hydroxylation sites is 1. The Balaban J connectivity index is 0.00000196. The zero-order chi connectivity index (χ0) is 17.6. The summed E-state index contributed by atoms with van der Waals surface area (Å²) in [6.07, 6.45) is 0. The molecule has 0 aliphatic heterocycles. The average Bonchev–Trinajstić information content (AvgIpc) is 3.12. The Hall–Kier alpha value is -2.24. The van der Waals surface area contributed by atoms with E-state index in [9.17, 15) is 4.79 Å². The third kappa shape index (κ3) is 2.91. The smallest absolute Gasteiger partial charge is 0.351 e. The minimum atomic E-state index is 0. The van der Waals surface area contributed by atoms with E-state index in [0.717, 1.165) is 38.9 Å². The van der Waals surface area contributed by atoms with Gasteiger partial charge in [-0.15, -0.1) is 0 Å². The molecule has 0 aliphatic rings. The molecule has 0 atom stereocenters. The molecule has 0 saturated carbocycles. The molecule has 4 aromatic rings. The van der Waals surface area contributed by atoms with Crippen molar-refractivity contribution < 1.29 is 26.3 Å². The number of carbonyl (C=O) groups excluding carboxylic acids is 1. The average molecular weight is 427 g/mol. The SMILES string of the molecule is Cc1ccc(C(=O)c2c(C)[n+](-c3ccccc3)c3scc(C)n23)cc1.[Br-]. The number of aromatic nitrogens is 2. The predicted molar refractivity (Wildman–Crippen MR) is 101 cm³/mol. The summed E-state index contributed by atoms with van der Waals surface area (Å²) in [6.45, 7) is 6.10. The number of fused-ring (bicyclic) bond motifs is 1. The maximum atomic E-state index is 13.3. The van der Waals surface area contributed by atoms with Crippen molar-refractivity contribution >= 4 is 22.1 Å². The van der Waals surface area contributed by atoms with Crippen LogP contribution in [0.3, 0.4) is 0 Å². The summed E-state index contributed by atoms with van der Waals surface area (Å²) in [6, 6.07) is 18.0. The molecule has 0 amide bonds. The van der Waals surface area contributed by atoms with Crippen LogP contribution in [0.15, 0.2) is 60.0 Å². The van der Waals surface area contributed by atoms with Crippen LogP contribution in [0, 0.1) is 20.8 Å². The summed E-state index contributed by atoms with van der Waals surface area (Å²) in [5, 5.41) is 2.10. The minimum absolute atomic E-state index is 0. The molecule has 2 aromatic heterocycles. The molecule has 0 aliphatic carbocycles. The van der Waals surface area contributed by atoms with Crippen LogP contribution in [-0.4, -0.2) is 10.2 Å². The topological polar surface area (TPSA) is 25.4 Å². The predicted octanol–water partition coefficient (Wildman–Crippen LogP) is 1.44. The van der Waals surface area contributed by atoms with Crippen LogP contribution in [0.1, 0.15) is 33.0 Å². The summed E-state index contributed by atoms with van der Waals surface area (Å²) < 4.78 is 4.24. The second-order valence-electron chi connectivity index (χ2n) is 6.30. The highest BCUT2D eigenvalue weighted by molar-refractivity contribution is 7.14. The largest absolute Gasteiger partial charge is 1.00 e. The zero-order valence-electron chi connectivity index (χ0n) is 14.9. The maximum absolute atomic E-state index is 13.3. The Kier molecular flexibility index (Phi) is 5.12. The number of hydrogen-bond donors (Lipinski definition) is 0. The van der Waals surface area contributed by atoms with Crippen LogP contribution in [0.25, 0.3) is 10.6 Å². The van der Waals surface area contributed by atoms with Gasteiger partial charge in [0, 0.05) is 17.9 Å². The van der Waals surface area contributed by atoms with Crippen molar-refractivity contribution in [1.82, 2.24) is 4.40 Å². The number of hydrogen-bond acceptors (Lipinski definition) is 2. The van der Waals surface area contributed by atoms with E-state index >= 15 is 0 Å². The van der Waals surface area contributed by atoms with Crippen molar-refractivity contribution in [3.05, 3.63) is 88.2 Å². The quantitative estimate of drug-likeness (QED) is 0.359. The van der Waals surface area contributed by atoms with Crippen molar-refractivity contribution in [3.8, 4) is 5.69 Å². The number of rotatable bonds is 3. The molecule has 132 valence electrons. The highest BCUT2D eigenvalue weighted by Crippen LogP contribution is 2.23. The van der Waals surface area contributed by atoms with Gasteiger partial charge in [-0.3, -0.25) is 4.79 Å². The number of imidazole rings is 1. The molecule has 5 heteroatoms. The summed E-state index contributed by atoms with van der Waals surface area (Å²) in [5.74, 6) is 0.0590. The summed E-state index contributed by atoms with van der Waals surface area (Å²) in [5.41, 5.74) is 5.72. The Morgan fingerprint density at radius 2 is 1.62 bits per heavy atom. The fourth-order valence-corrected chi connectivity index (χ4v) is 4.29. The van der Waals surface area contributed by atoms with Gasteiger partial charge in [-0.2, -0.15) is 8.97 Å². The lowest BCUT2D eigenvalue weighted by Crippen LogP contribution is -3.00. The zero-order valence-corrected chi connectivity index (χ0v) is 17.3. The lowest BCUT2D eigenvalue weighted by molar-refractivity contribution is -0.571. The van der Waals surface area contributed by atoms with E-state index in [-0.39, 0.29) is 22.8 Å². The van der Waals surface area contributed by atoms with E-state index < -0.39 is 0 Å². The molecule has 3 nitrogen and oxygen atoms in total. The van der Waals surface area contributed by atoms with Crippen LogP contribution < -0.4 is 21.5 Å². The van der Waals surface area contributed by atoms with Gasteiger partial charge < -0.3 is 17.0 Å². The number of carbonyl (C=O) groups is 1. The van der Waals surface area contributed by atoms with Crippen molar-refractivity contribution in [1.29, 1.82) is 0 Å². The number of aryl methyl sites for hydroxylation is 2. The van der Waals surface area contributed by atoms with Gasteiger partial charge in [0.15, 0.2) is 5.69 Å². The van der Waals surface area contributed by atoms with E-state index in [1.807, 2.05) is 63.2 Å². The van der Waals surface area contributed by atoms with Crippen LogP contribution in [-0.2, 0) is 0 Å². The maximum Gasteiger partial charge on any atom is 0.351 e. The fraction of sp³-hybridized carbons (Fsp3) is 0.143. The van der Waals surface area contributed by atoms with Crippen molar-refractivity contribution in [2.75, 3.05) is 0 Å². The fourth-order valence-electron chi connectivity index (χ4n) is 3.22. The second-order valence-corrected chi connectivity index (χ2v) is 7.13. The Morgan fingerprint density at radius 3 is 2.27 bits per heavy atom. The van der Waals surface area contributed by atoms with Gasteiger partial charge >= 0.3 is 4.96 Å². The first-order valence-electron chi connectivity index (χ1n) is 8.26. The van der Waals surface area contributed by atoms with E-state index in [1.165, 1.54) is 0 Å². The molecule has 0 fully saturated rings. The Morgan fingerprint density at radius 1 is 0.962 bits per heavy atom.